The molecule has 1 aliphatic heterocycles. The Morgan fingerprint density at radius 2 is 2.36 bits per heavy atom. The predicted octanol–water partition coefficient (Wildman–Crippen LogP) is 2.03. The minimum atomic E-state index is 0.337. The van der Waals surface area contributed by atoms with Gasteiger partial charge in [0.1, 0.15) is 5.76 Å². The lowest BCUT2D eigenvalue weighted by Gasteiger charge is -2.07. The highest BCUT2D eigenvalue weighted by atomic mass is 16.5. The van der Waals surface area contributed by atoms with Crippen LogP contribution < -0.4 is 0 Å². The van der Waals surface area contributed by atoms with Gasteiger partial charge in [0.05, 0.1) is 12.0 Å². The lowest BCUT2D eigenvalue weighted by atomic mass is 10.0. The van der Waals surface area contributed by atoms with E-state index in [0.29, 0.717) is 5.41 Å². The van der Waals surface area contributed by atoms with Crippen LogP contribution in [0.15, 0.2) is 36.1 Å². The molecule has 0 amide bonds. The molecule has 11 heavy (non-hydrogen) atoms. The van der Waals surface area contributed by atoms with E-state index >= 15 is 0 Å². The van der Waals surface area contributed by atoms with Gasteiger partial charge >= 0.3 is 0 Å². The molecular formula is C10H10O. The summed E-state index contributed by atoms with van der Waals surface area (Å²) in [5.74, 6) is 1.97. The van der Waals surface area contributed by atoms with Crippen molar-refractivity contribution >= 4 is 0 Å². The molecule has 0 radical (unpaired) electrons. The Labute approximate surface area is 66.1 Å². The third kappa shape index (κ3) is 0.566. The molecule has 1 nitrogen and oxygen atoms in total. The minimum absolute atomic E-state index is 0.337. The van der Waals surface area contributed by atoms with Crippen molar-refractivity contribution in [2.24, 2.45) is 11.3 Å². The SMILES string of the molecule is C1=CC=C2OCC3CC23C=C1. The first kappa shape index (κ1) is 5.64. The summed E-state index contributed by atoms with van der Waals surface area (Å²) in [6.45, 7) is 0.935. The van der Waals surface area contributed by atoms with E-state index in [1.54, 1.807) is 0 Å². The highest BCUT2D eigenvalue weighted by Gasteiger charge is 2.60. The van der Waals surface area contributed by atoms with E-state index in [9.17, 15) is 0 Å². The van der Waals surface area contributed by atoms with Crippen LogP contribution in [0.1, 0.15) is 6.42 Å². The molecule has 2 fully saturated rings. The summed E-state index contributed by atoms with van der Waals surface area (Å²) in [7, 11) is 0. The molecule has 0 bridgehead atoms. The molecule has 2 unspecified atom stereocenters. The molecule has 1 heteroatoms. The van der Waals surface area contributed by atoms with Crippen LogP contribution in [0.4, 0.5) is 0 Å². The maximum absolute atomic E-state index is 5.55. The van der Waals surface area contributed by atoms with E-state index in [-0.39, 0.29) is 0 Å². The Balaban J connectivity index is 2.13. The van der Waals surface area contributed by atoms with Gasteiger partial charge in [-0.2, -0.15) is 0 Å². The van der Waals surface area contributed by atoms with E-state index < -0.39 is 0 Å². The zero-order valence-electron chi connectivity index (χ0n) is 6.29. The molecule has 1 heterocycles. The van der Waals surface area contributed by atoms with Gasteiger partial charge in [-0.3, -0.25) is 0 Å². The van der Waals surface area contributed by atoms with E-state index in [0.717, 1.165) is 12.5 Å². The molecule has 1 spiro atoms. The van der Waals surface area contributed by atoms with Crippen molar-refractivity contribution in [2.75, 3.05) is 6.61 Å². The quantitative estimate of drug-likeness (QED) is 0.508. The summed E-state index contributed by atoms with van der Waals surface area (Å²) in [5.41, 5.74) is 0.337. The van der Waals surface area contributed by atoms with Gasteiger partial charge in [-0.15, -0.1) is 0 Å². The Morgan fingerprint density at radius 1 is 1.36 bits per heavy atom. The Hall–Kier alpha value is -0.980. The number of ether oxygens (including phenoxy) is 1. The number of hydrogen-bond acceptors (Lipinski definition) is 1. The molecule has 3 rings (SSSR count). The van der Waals surface area contributed by atoms with Crippen LogP contribution >= 0.6 is 0 Å². The maximum Gasteiger partial charge on any atom is 0.106 e. The van der Waals surface area contributed by atoms with Gasteiger partial charge in [-0.05, 0) is 12.5 Å². The Bertz CT molecular complexity index is 285. The largest absolute Gasteiger partial charge is 0.497 e. The highest BCUT2D eigenvalue weighted by molar-refractivity contribution is 5.38. The van der Waals surface area contributed by atoms with Crippen molar-refractivity contribution < 1.29 is 4.74 Å². The third-order valence-corrected chi connectivity index (χ3v) is 2.91. The molecular weight excluding hydrogens is 136 g/mol. The summed E-state index contributed by atoms with van der Waals surface area (Å²) in [6.07, 6.45) is 12.0. The van der Waals surface area contributed by atoms with Gasteiger partial charge in [-0.1, -0.05) is 24.3 Å². The molecule has 1 saturated carbocycles. The van der Waals surface area contributed by atoms with Crippen molar-refractivity contribution in [3.8, 4) is 0 Å². The highest BCUT2D eigenvalue weighted by Crippen LogP contribution is 2.64. The number of hydrogen-bond donors (Lipinski definition) is 0. The van der Waals surface area contributed by atoms with Gasteiger partial charge in [0.25, 0.3) is 0 Å². The van der Waals surface area contributed by atoms with E-state index in [2.05, 4.69) is 30.4 Å². The normalized spacial score (nSPS) is 43.6. The smallest absolute Gasteiger partial charge is 0.106 e. The van der Waals surface area contributed by atoms with Crippen LogP contribution in [0.3, 0.4) is 0 Å². The van der Waals surface area contributed by atoms with Crippen molar-refractivity contribution in [1.29, 1.82) is 0 Å². The van der Waals surface area contributed by atoms with Crippen LogP contribution in [-0.4, -0.2) is 6.61 Å². The van der Waals surface area contributed by atoms with Crippen molar-refractivity contribution in [3.05, 3.63) is 36.1 Å². The molecule has 2 atom stereocenters. The van der Waals surface area contributed by atoms with Crippen LogP contribution in [0.2, 0.25) is 0 Å². The first-order chi connectivity index (χ1) is 5.42. The fourth-order valence-corrected chi connectivity index (χ4v) is 2.11. The summed E-state index contributed by atoms with van der Waals surface area (Å²) in [5, 5.41) is 0. The Morgan fingerprint density at radius 3 is 3.27 bits per heavy atom. The van der Waals surface area contributed by atoms with E-state index in [1.807, 2.05) is 0 Å². The molecule has 3 aliphatic rings. The molecule has 0 N–H and O–H groups in total. The molecule has 56 valence electrons. The zero-order valence-corrected chi connectivity index (χ0v) is 6.29. The first-order valence-corrected chi connectivity index (χ1v) is 4.11. The lowest BCUT2D eigenvalue weighted by molar-refractivity contribution is 0.227. The average Bonchev–Trinajstić information content (AvgIpc) is 2.70. The van der Waals surface area contributed by atoms with Crippen LogP contribution in [0.5, 0.6) is 0 Å². The monoisotopic (exact) mass is 146 g/mol. The van der Waals surface area contributed by atoms with E-state index in [4.69, 9.17) is 4.74 Å². The van der Waals surface area contributed by atoms with Gasteiger partial charge < -0.3 is 4.74 Å². The van der Waals surface area contributed by atoms with Gasteiger partial charge in [0.15, 0.2) is 0 Å². The zero-order chi connectivity index (χ0) is 7.31. The number of allylic oxidation sites excluding steroid dienone is 5. The average molecular weight is 146 g/mol. The Kier molecular flexibility index (Phi) is 0.823. The third-order valence-electron chi connectivity index (χ3n) is 2.91. The van der Waals surface area contributed by atoms with Crippen molar-refractivity contribution in [1.82, 2.24) is 0 Å². The minimum Gasteiger partial charge on any atom is -0.497 e. The topological polar surface area (TPSA) is 9.23 Å². The standard InChI is InChI=1S/C10H10O/c1-2-4-9-10(5-3-1)6-8(10)7-11-9/h1-5,8H,6-7H2. The fraction of sp³-hybridized carbons (Fsp3) is 0.400. The maximum atomic E-state index is 5.55. The second-order valence-electron chi connectivity index (χ2n) is 3.53. The summed E-state index contributed by atoms with van der Waals surface area (Å²) in [6, 6.07) is 0. The van der Waals surface area contributed by atoms with Gasteiger partial charge in [0.2, 0.25) is 0 Å². The summed E-state index contributed by atoms with van der Waals surface area (Å²) in [4.78, 5) is 0. The first-order valence-electron chi connectivity index (χ1n) is 4.11. The fourth-order valence-electron chi connectivity index (χ4n) is 2.11. The van der Waals surface area contributed by atoms with Crippen LogP contribution in [-0.2, 0) is 4.74 Å². The lowest BCUT2D eigenvalue weighted by Crippen LogP contribution is -1.97. The second-order valence-corrected chi connectivity index (χ2v) is 3.53. The summed E-state index contributed by atoms with van der Waals surface area (Å²) < 4.78 is 5.55. The van der Waals surface area contributed by atoms with E-state index in [1.165, 1.54) is 12.2 Å². The second kappa shape index (κ2) is 1.60. The van der Waals surface area contributed by atoms with Gasteiger partial charge in [-0.25, -0.2) is 0 Å². The molecule has 0 aromatic carbocycles. The molecule has 0 aromatic heterocycles. The molecule has 1 saturated heterocycles. The summed E-state index contributed by atoms with van der Waals surface area (Å²) >= 11 is 0. The van der Waals surface area contributed by atoms with Crippen LogP contribution in [0, 0.1) is 11.3 Å². The molecule has 2 aliphatic carbocycles. The van der Waals surface area contributed by atoms with Gasteiger partial charge in [0, 0.05) is 5.92 Å². The number of rotatable bonds is 0. The predicted molar refractivity (Wildman–Crippen MR) is 42.9 cm³/mol. The van der Waals surface area contributed by atoms with Crippen molar-refractivity contribution in [2.45, 2.75) is 6.42 Å². The van der Waals surface area contributed by atoms with Crippen LogP contribution in [0.25, 0.3) is 0 Å². The van der Waals surface area contributed by atoms with Crippen molar-refractivity contribution in [3.63, 3.8) is 0 Å². The molecule has 0 aromatic rings.